The minimum atomic E-state index is 0.0927. The summed E-state index contributed by atoms with van der Waals surface area (Å²) in [6, 6.07) is 5.65. The van der Waals surface area contributed by atoms with Crippen LogP contribution in [0.5, 0.6) is 0 Å². The van der Waals surface area contributed by atoms with Crippen LogP contribution in [0.3, 0.4) is 0 Å². The van der Waals surface area contributed by atoms with Gasteiger partial charge in [-0.25, -0.2) is 0 Å². The average Bonchev–Trinajstić information content (AvgIpc) is 2.37. The summed E-state index contributed by atoms with van der Waals surface area (Å²) >= 11 is 6.82. The van der Waals surface area contributed by atoms with E-state index in [2.05, 4.69) is 31.9 Å². The Bertz CT molecular complexity index is 430. The van der Waals surface area contributed by atoms with Crippen LogP contribution >= 0.6 is 31.9 Å². The molecule has 0 saturated carbocycles. The number of amides is 1. The first-order valence-corrected chi connectivity index (χ1v) is 7.64. The van der Waals surface area contributed by atoms with E-state index in [1.54, 1.807) is 0 Å². The summed E-state index contributed by atoms with van der Waals surface area (Å²) in [6.07, 6.45) is 2.17. The molecule has 1 heterocycles. The van der Waals surface area contributed by atoms with Gasteiger partial charge in [0, 0.05) is 27.6 Å². The van der Waals surface area contributed by atoms with E-state index in [4.69, 9.17) is 5.73 Å². The highest BCUT2D eigenvalue weighted by Crippen LogP contribution is 2.23. The smallest absolute Gasteiger partial charge is 0.253 e. The Hall–Kier alpha value is -0.390. The quantitative estimate of drug-likeness (QED) is 0.863. The van der Waals surface area contributed by atoms with Crippen molar-refractivity contribution in [3.8, 4) is 0 Å². The van der Waals surface area contributed by atoms with Crippen LogP contribution in [0, 0.1) is 5.92 Å². The molecule has 1 fully saturated rings. The van der Waals surface area contributed by atoms with E-state index in [0.29, 0.717) is 18.0 Å². The van der Waals surface area contributed by atoms with Gasteiger partial charge in [-0.3, -0.25) is 4.79 Å². The molecule has 1 amide bonds. The predicted molar refractivity (Wildman–Crippen MR) is 79.5 cm³/mol. The highest BCUT2D eigenvalue weighted by molar-refractivity contribution is 9.11. The molecule has 2 N–H and O–H groups in total. The summed E-state index contributed by atoms with van der Waals surface area (Å²) in [5.41, 5.74) is 6.42. The summed E-state index contributed by atoms with van der Waals surface area (Å²) in [4.78, 5) is 14.3. The molecule has 3 nitrogen and oxygen atoms in total. The molecule has 5 heteroatoms. The van der Waals surface area contributed by atoms with E-state index in [1.807, 2.05) is 23.1 Å². The number of hydrogen-bond donors (Lipinski definition) is 1. The van der Waals surface area contributed by atoms with E-state index < -0.39 is 0 Å². The fourth-order valence-electron chi connectivity index (χ4n) is 2.30. The van der Waals surface area contributed by atoms with Crippen molar-refractivity contribution < 1.29 is 4.79 Å². The zero-order valence-corrected chi connectivity index (χ0v) is 13.2. The first-order chi connectivity index (χ1) is 8.60. The molecule has 0 aliphatic carbocycles. The molecular weight excluding hydrogens is 360 g/mol. The molecule has 0 bridgehead atoms. The molecular formula is C13H16Br2N2O. The van der Waals surface area contributed by atoms with Gasteiger partial charge in [0.05, 0.1) is 0 Å². The van der Waals surface area contributed by atoms with Crippen LogP contribution in [-0.2, 0) is 0 Å². The molecule has 1 atom stereocenters. The third-order valence-electron chi connectivity index (χ3n) is 3.25. The van der Waals surface area contributed by atoms with Crippen LogP contribution < -0.4 is 5.73 Å². The standard InChI is InChI=1S/C13H16Br2N2O/c14-11-4-10(5-12(15)6-11)13(18)17-3-1-2-9(7-16)8-17/h4-6,9H,1-3,7-8,16H2. The largest absolute Gasteiger partial charge is 0.338 e. The summed E-state index contributed by atoms with van der Waals surface area (Å²) in [7, 11) is 0. The third kappa shape index (κ3) is 3.33. The molecule has 1 unspecified atom stereocenters. The number of piperidine rings is 1. The first-order valence-electron chi connectivity index (χ1n) is 6.05. The Morgan fingerprint density at radius 1 is 1.33 bits per heavy atom. The van der Waals surface area contributed by atoms with Gasteiger partial charge in [0.1, 0.15) is 0 Å². The van der Waals surface area contributed by atoms with Gasteiger partial charge in [-0.1, -0.05) is 31.9 Å². The molecule has 1 aliphatic heterocycles. The van der Waals surface area contributed by atoms with Gasteiger partial charge in [0.15, 0.2) is 0 Å². The number of benzene rings is 1. The van der Waals surface area contributed by atoms with E-state index in [0.717, 1.165) is 34.9 Å². The highest BCUT2D eigenvalue weighted by atomic mass is 79.9. The van der Waals surface area contributed by atoms with E-state index >= 15 is 0 Å². The van der Waals surface area contributed by atoms with Crippen LogP contribution in [0.25, 0.3) is 0 Å². The minimum Gasteiger partial charge on any atom is -0.338 e. The molecule has 18 heavy (non-hydrogen) atoms. The van der Waals surface area contributed by atoms with E-state index in [-0.39, 0.29) is 5.91 Å². The summed E-state index contributed by atoms with van der Waals surface area (Å²) in [6.45, 7) is 2.27. The number of likely N-dealkylation sites (tertiary alicyclic amines) is 1. The summed E-state index contributed by atoms with van der Waals surface area (Å²) < 4.78 is 1.82. The lowest BCUT2D eigenvalue weighted by Crippen LogP contribution is -2.42. The lowest BCUT2D eigenvalue weighted by Gasteiger charge is -2.32. The molecule has 1 aromatic carbocycles. The number of nitrogens with zero attached hydrogens (tertiary/aromatic N) is 1. The van der Waals surface area contributed by atoms with Gasteiger partial charge in [-0.05, 0) is 43.5 Å². The topological polar surface area (TPSA) is 46.3 Å². The second-order valence-electron chi connectivity index (χ2n) is 4.65. The maximum absolute atomic E-state index is 12.4. The van der Waals surface area contributed by atoms with Crippen molar-refractivity contribution in [3.63, 3.8) is 0 Å². The molecule has 1 aliphatic rings. The molecule has 0 spiro atoms. The van der Waals surface area contributed by atoms with Crippen molar-refractivity contribution in [2.75, 3.05) is 19.6 Å². The molecule has 0 radical (unpaired) electrons. The van der Waals surface area contributed by atoms with Crippen molar-refractivity contribution in [1.29, 1.82) is 0 Å². The second-order valence-corrected chi connectivity index (χ2v) is 6.48. The molecule has 1 aromatic rings. The normalized spacial score (nSPS) is 19.9. The van der Waals surface area contributed by atoms with Gasteiger partial charge < -0.3 is 10.6 Å². The fraction of sp³-hybridized carbons (Fsp3) is 0.462. The molecule has 98 valence electrons. The molecule has 0 aromatic heterocycles. The highest BCUT2D eigenvalue weighted by Gasteiger charge is 2.23. The van der Waals surface area contributed by atoms with Gasteiger partial charge in [0.25, 0.3) is 5.91 Å². The van der Waals surface area contributed by atoms with Crippen molar-refractivity contribution in [2.45, 2.75) is 12.8 Å². The monoisotopic (exact) mass is 374 g/mol. The van der Waals surface area contributed by atoms with Crippen molar-refractivity contribution in [1.82, 2.24) is 4.90 Å². The number of carbonyl (C=O) groups is 1. The SMILES string of the molecule is NCC1CCCN(C(=O)c2cc(Br)cc(Br)c2)C1. The Morgan fingerprint density at radius 3 is 2.61 bits per heavy atom. The minimum absolute atomic E-state index is 0.0927. The van der Waals surface area contributed by atoms with E-state index in [9.17, 15) is 4.79 Å². The van der Waals surface area contributed by atoms with Crippen LogP contribution in [-0.4, -0.2) is 30.4 Å². The Labute approximate surface area is 124 Å². The van der Waals surface area contributed by atoms with E-state index in [1.165, 1.54) is 0 Å². The van der Waals surface area contributed by atoms with Gasteiger partial charge >= 0.3 is 0 Å². The summed E-state index contributed by atoms with van der Waals surface area (Å²) in [5.74, 6) is 0.536. The van der Waals surface area contributed by atoms with Crippen LogP contribution in [0.1, 0.15) is 23.2 Å². The van der Waals surface area contributed by atoms with Crippen LogP contribution in [0.4, 0.5) is 0 Å². The van der Waals surface area contributed by atoms with Crippen LogP contribution in [0.15, 0.2) is 27.1 Å². The lowest BCUT2D eigenvalue weighted by atomic mass is 9.97. The zero-order valence-electron chi connectivity index (χ0n) is 10.0. The van der Waals surface area contributed by atoms with Gasteiger partial charge in [-0.15, -0.1) is 0 Å². The van der Waals surface area contributed by atoms with Crippen LogP contribution in [0.2, 0.25) is 0 Å². The number of carbonyl (C=O) groups excluding carboxylic acids is 1. The Morgan fingerprint density at radius 2 is 2.00 bits per heavy atom. The molecule has 2 rings (SSSR count). The fourth-order valence-corrected chi connectivity index (χ4v) is 3.60. The third-order valence-corrected chi connectivity index (χ3v) is 4.16. The predicted octanol–water partition coefficient (Wildman–Crippen LogP) is 3.02. The number of hydrogen-bond acceptors (Lipinski definition) is 2. The maximum atomic E-state index is 12.4. The second kappa shape index (κ2) is 6.17. The van der Waals surface area contributed by atoms with Crippen molar-refractivity contribution in [2.24, 2.45) is 11.7 Å². The maximum Gasteiger partial charge on any atom is 0.253 e. The zero-order chi connectivity index (χ0) is 13.1. The van der Waals surface area contributed by atoms with Crippen molar-refractivity contribution >= 4 is 37.8 Å². The van der Waals surface area contributed by atoms with Gasteiger partial charge in [-0.2, -0.15) is 0 Å². The number of nitrogens with two attached hydrogens (primary N) is 1. The van der Waals surface area contributed by atoms with Gasteiger partial charge in [0.2, 0.25) is 0 Å². The average molecular weight is 376 g/mol. The van der Waals surface area contributed by atoms with Crippen molar-refractivity contribution in [3.05, 3.63) is 32.7 Å². The number of rotatable bonds is 2. The lowest BCUT2D eigenvalue weighted by molar-refractivity contribution is 0.0678. The first kappa shape index (κ1) is 14.0. The molecule has 1 saturated heterocycles. The number of halogens is 2. The Kier molecular flexibility index (Phi) is 4.81. The Balaban J connectivity index is 2.15. The summed E-state index contributed by atoms with van der Waals surface area (Å²) in [5, 5.41) is 0.